The molecular formula is C11H10ClFN4O2. The molecule has 0 spiro atoms. The fourth-order valence-electron chi connectivity index (χ4n) is 1.81. The lowest BCUT2D eigenvalue weighted by Gasteiger charge is -2.04. The molecule has 1 heterocycles. The van der Waals surface area contributed by atoms with Gasteiger partial charge in [-0.05, 0) is 30.7 Å². The maximum atomic E-state index is 13.2. The number of halogens is 2. The zero-order valence-corrected chi connectivity index (χ0v) is 10.7. The van der Waals surface area contributed by atoms with Gasteiger partial charge in [0.05, 0.1) is 11.5 Å². The summed E-state index contributed by atoms with van der Waals surface area (Å²) in [7, 11) is 0. The van der Waals surface area contributed by atoms with Gasteiger partial charge in [-0.2, -0.15) is 5.10 Å². The van der Waals surface area contributed by atoms with Crippen molar-refractivity contribution in [2.75, 3.05) is 5.73 Å². The Morgan fingerprint density at radius 1 is 1.53 bits per heavy atom. The van der Waals surface area contributed by atoms with E-state index < -0.39 is 10.7 Å². The minimum Gasteiger partial charge on any atom is -0.378 e. The smallest absolute Gasteiger partial charge is 0.333 e. The van der Waals surface area contributed by atoms with E-state index in [1.54, 1.807) is 6.07 Å². The van der Waals surface area contributed by atoms with Crippen molar-refractivity contribution in [3.8, 4) is 0 Å². The first-order valence-corrected chi connectivity index (χ1v) is 5.68. The van der Waals surface area contributed by atoms with Crippen LogP contribution in [0.5, 0.6) is 0 Å². The molecule has 8 heteroatoms. The van der Waals surface area contributed by atoms with Crippen LogP contribution in [0.4, 0.5) is 15.9 Å². The molecule has 2 rings (SSSR count). The van der Waals surface area contributed by atoms with Crippen LogP contribution in [-0.2, 0) is 6.54 Å². The van der Waals surface area contributed by atoms with E-state index >= 15 is 0 Å². The summed E-state index contributed by atoms with van der Waals surface area (Å²) in [6.45, 7) is 1.60. The SMILES string of the molecule is Cc1nn(Cc2cc(F)cc(Cl)c2)c(N)c1[N+](=O)[O-]. The normalized spacial score (nSPS) is 10.7. The van der Waals surface area contributed by atoms with Gasteiger partial charge >= 0.3 is 5.69 Å². The highest BCUT2D eigenvalue weighted by atomic mass is 35.5. The van der Waals surface area contributed by atoms with E-state index in [0.717, 1.165) is 0 Å². The van der Waals surface area contributed by atoms with Crippen LogP contribution >= 0.6 is 11.6 Å². The van der Waals surface area contributed by atoms with E-state index in [1.807, 2.05) is 0 Å². The quantitative estimate of drug-likeness (QED) is 0.693. The molecule has 0 fully saturated rings. The van der Waals surface area contributed by atoms with E-state index in [1.165, 1.54) is 23.7 Å². The lowest BCUT2D eigenvalue weighted by molar-refractivity contribution is -0.384. The second-order valence-corrected chi connectivity index (χ2v) is 4.45. The average molecular weight is 285 g/mol. The molecule has 0 saturated carbocycles. The molecule has 0 atom stereocenters. The number of hydrogen-bond acceptors (Lipinski definition) is 4. The molecule has 1 aromatic heterocycles. The molecule has 0 aliphatic rings. The maximum absolute atomic E-state index is 13.2. The van der Waals surface area contributed by atoms with Gasteiger partial charge in [0.25, 0.3) is 0 Å². The highest BCUT2D eigenvalue weighted by Crippen LogP contribution is 2.26. The van der Waals surface area contributed by atoms with E-state index in [9.17, 15) is 14.5 Å². The molecule has 6 nitrogen and oxygen atoms in total. The zero-order valence-electron chi connectivity index (χ0n) is 9.93. The van der Waals surface area contributed by atoms with Gasteiger partial charge in [-0.3, -0.25) is 10.1 Å². The van der Waals surface area contributed by atoms with E-state index in [-0.39, 0.29) is 28.8 Å². The second-order valence-electron chi connectivity index (χ2n) is 4.01. The molecule has 2 N–H and O–H groups in total. The number of rotatable bonds is 3. The summed E-state index contributed by atoms with van der Waals surface area (Å²) in [5.41, 5.74) is 6.16. The second kappa shape index (κ2) is 4.85. The van der Waals surface area contributed by atoms with E-state index in [4.69, 9.17) is 17.3 Å². The molecular weight excluding hydrogens is 275 g/mol. The largest absolute Gasteiger partial charge is 0.378 e. The van der Waals surface area contributed by atoms with E-state index in [2.05, 4.69) is 5.10 Å². The van der Waals surface area contributed by atoms with Crippen molar-refractivity contribution in [2.45, 2.75) is 13.5 Å². The monoisotopic (exact) mass is 284 g/mol. The number of nitrogen functional groups attached to an aromatic ring is 1. The minimum atomic E-state index is -0.591. The summed E-state index contributed by atoms with van der Waals surface area (Å²) in [5, 5.41) is 15.0. The molecule has 0 saturated heterocycles. The van der Waals surface area contributed by atoms with Crippen molar-refractivity contribution in [3.05, 3.63) is 50.4 Å². The number of nitro groups is 1. The van der Waals surface area contributed by atoms with Gasteiger partial charge < -0.3 is 5.73 Å². The van der Waals surface area contributed by atoms with Crippen LogP contribution in [0.25, 0.3) is 0 Å². The summed E-state index contributed by atoms with van der Waals surface area (Å²) in [6, 6.07) is 3.99. The molecule has 0 aliphatic heterocycles. The van der Waals surface area contributed by atoms with Crippen molar-refractivity contribution in [1.82, 2.24) is 9.78 Å². The molecule has 1 aromatic carbocycles. The van der Waals surface area contributed by atoms with Gasteiger partial charge in [-0.1, -0.05) is 11.6 Å². The topological polar surface area (TPSA) is 87.0 Å². The van der Waals surface area contributed by atoms with E-state index in [0.29, 0.717) is 5.56 Å². The first-order chi connectivity index (χ1) is 8.88. The summed E-state index contributed by atoms with van der Waals surface area (Å²) in [5.74, 6) is -0.553. The van der Waals surface area contributed by atoms with Crippen LogP contribution in [-0.4, -0.2) is 14.7 Å². The molecule has 0 bridgehead atoms. The number of aromatic nitrogens is 2. The third-order valence-electron chi connectivity index (χ3n) is 2.57. The molecule has 100 valence electrons. The van der Waals surface area contributed by atoms with Gasteiger partial charge in [-0.15, -0.1) is 0 Å². The summed E-state index contributed by atoms with van der Waals surface area (Å²) >= 11 is 5.73. The minimum absolute atomic E-state index is 0.0668. The number of hydrogen-bond donors (Lipinski definition) is 1. The fourth-order valence-corrected chi connectivity index (χ4v) is 2.06. The third kappa shape index (κ3) is 2.65. The van der Waals surface area contributed by atoms with Crippen molar-refractivity contribution in [3.63, 3.8) is 0 Å². The third-order valence-corrected chi connectivity index (χ3v) is 2.79. The van der Waals surface area contributed by atoms with Crippen molar-refractivity contribution < 1.29 is 9.31 Å². The van der Waals surface area contributed by atoms with Gasteiger partial charge in [0.15, 0.2) is 0 Å². The number of nitrogens with two attached hydrogens (primary N) is 1. The Morgan fingerprint density at radius 3 is 2.74 bits per heavy atom. The van der Waals surface area contributed by atoms with Crippen LogP contribution in [0.2, 0.25) is 5.02 Å². The Morgan fingerprint density at radius 2 is 2.21 bits per heavy atom. The summed E-state index contributed by atoms with van der Waals surface area (Å²) < 4.78 is 14.4. The Bertz CT molecular complexity index is 636. The lowest BCUT2D eigenvalue weighted by atomic mass is 10.2. The summed E-state index contributed by atoms with van der Waals surface area (Å²) in [6.07, 6.45) is 0. The molecule has 19 heavy (non-hydrogen) atoms. The maximum Gasteiger partial charge on any atom is 0.333 e. The van der Waals surface area contributed by atoms with Crippen LogP contribution in [0.1, 0.15) is 11.3 Å². The Labute approximate surface area is 112 Å². The standard InChI is InChI=1S/C11H10ClFN4O2/c1-6-10(17(18)19)11(14)16(15-6)5-7-2-8(12)4-9(13)3-7/h2-4H,5,14H2,1H3. The van der Waals surface area contributed by atoms with Crippen molar-refractivity contribution in [1.29, 1.82) is 0 Å². The molecule has 0 aliphatic carbocycles. The number of benzene rings is 1. The first kappa shape index (κ1) is 13.3. The summed E-state index contributed by atoms with van der Waals surface area (Å²) in [4.78, 5) is 10.2. The Balaban J connectivity index is 2.39. The number of anilines is 1. The Kier molecular flexibility index (Phi) is 3.39. The van der Waals surface area contributed by atoms with Crippen LogP contribution < -0.4 is 5.73 Å². The van der Waals surface area contributed by atoms with Gasteiger partial charge in [-0.25, -0.2) is 9.07 Å². The van der Waals surface area contributed by atoms with Gasteiger partial charge in [0.1, 0.15) is 11.5 Å². The Hall–Kier alpha value is -2.15. The van der Waals surface area contributed by atoms with Crippen molar-refractivity contribution >= 4 is 23.1 Å². The predicted molar refractivity (Wildman–Crippen MR) is 68.5 cm³/mol. The van der Waals surface area contributed by atoms with Crippen LogP contribution in [0, 0.1) is 22.9 Å². The predicted octanol–water partition coefficient (Wildman–Crippen LogP) is 2.52. The number of nitrogens with zero attached hydrogens (tertiary/aromatic N) is 3. The average Bonchev–Trinajstić information content (AvgIpc) is 2.52. The first-order valence-electron chi connectivity index (χ1n) is 5.30. The molecule has 0 radical (unpaired) electrons. The highest BCUT2D eigenvalue weighted by Gasteiger charge is 2.22. The number of aryl methyl sites for hydroxylation is 1. The lowest BCUT2D eigenvalue weighted by Crippen LogP contribution is -2.07. The fraction of sp³-hybridized carbons (Fsp3) is 0.182. The molecule has 2 aromatic rings. The van der Waals surface area contributed by atoms with Crippen LogP contribution in [0.3, 0.4) is 0 Å². The zero-order chi connectivity index (χ0) is 14.2. The van der Waals surface area contributed by atoms with Gasteiger partial charge in [0.2, 0.25) is 5.82 Å². The molecule has 0 amide bonds. The van der Waals surface area contributed by atoms with Crippen molar-refractivity contribution in [2.24, 2.45) is 0 Å². The molecule has 0 unspecified atom stereocenters. The highest BCUT2D eigenvalue weighted by molar-refractivity contribution is 6.30. The van der Waals surface area contributed by atoms with Gasteiger partial charge in [0, 0.05) is 5.02 Å². The van der Waals surface area contributed by atoms with Crippen LogP contribution in [0.15, 0.2) is 18.2 Å².